The molecule has 0 fully saturated rings. The molecule has 0 aliphatic rings. The van der Waals surface area contributed by atoms with Crippen LogP contribution in [0.5, 0.6) is 0 Å². The van der Waals surface area contributed by atoms with Crippen LogP contribution in [0.15, 0.2) is 18.3 Å². The molecule has 1 heterocycles. The summed E-state index contributed by atoms with van der Waals surface area (Å²) in [7, 11) is 0. The first-order chi connectivity index (χ1) is 9.63. The van der Waals surface area contributed by atoms with Crippen molar-refractivity contribution in [2.45, 2.75) is 33.6 Å². The van der Waals surface area contributed by atoms with E-state index in [0.717, 1.165) is 12.8 Å². The number of amides is 2. The number of nitrogens with zero attached hydrogens (tertiary/aromatic N) is 2. The summed E-state index contributed by atoms with van der Waals surface area (Å²) < 4.78 is 0. The number of carbonyl (C=O) groups is 2. The number of nitrogens with one attached hydrogen (secondary N) is 1. The molecule has 1 N–H and O–H groups in total. The molecule has 0 spiro atoms. The lowest BCUT2D eigenvalue weighted by Crippen LogP contribution is -2.31. The van der Waals surface area contributed by atoms with Gasteiger partial charge in [0.15, 0.2) is 0 Å². The fraction of sp³-hybridized carbons (Fsp3) is 0.533. The molecule has 110 valence electrons. The van der Waals surface area contributed by atoms with E-state index in [9.17, 15) is 9.59 Å². The van der Waals surface area contributed by atoms with Crippen molar-refractivity contribution in [2.24, 2.45) is 0 Å². The Labute approximate surface area is 120 Å². The van der Waals surface area contributed by atoms with Crippen molar-refractivity contribution in [3.05, 3.63) is 29.6 Å². The minimum absolute atomic E-state index is 0.0694. The summed E-state index contributed by atoms with van der Waals surface area (Å²) in [5, 5.41) is 2.80. The van der Waals surface area contributed by atoms with Crippen LogP contribution in [-0.4, -0.2) is 41.3 Å². The molecular weight excluding hydrogens is 254 g/mol. The highest BCUT2D eigenvalue weighted by molar-refractivity contribution is 5.98. The Kier molecular flexibility index (Phi) is 6.70. The minimum Gasteiger partial charge on any atom is -0.351 e. The zero-order chi connectivity index (χ0) is 15.0. The molecular formula is C15H23N3O2. The van der Waals surface area contributed by atoms with Gasteiger partial charge >= 0.3 is 0 Å². The molecule has 1 aromatic heterocycles. The van der Waals surface area contributed by atoms with Crippen molar-refractivity contribution in [1.82, 2.24) is 15.2 Å². The van der Waals surface area contributed by atoms with Crippen molar-refractivity contribution < 1.29 is 9.59 Å². The van der Waals surface area contributed by atoms with Crippen LogP contribution in [0.4, 0.5) is 0 Å². The maximum Gasteiger partial charge on any atom is 0.269 e. The summed E-state index contributed by atoms with van der Waals surface area (Å²) in [5.74, 6) is -0.298. The predicted octanol–water partition coefficient (Wildman–Crippen LogP) is 2.09. The van der Waals surface area contributed by atoms with E-state index in [1.165, 1.54) is 6.20 Å². The van der Waals surface area contributed by atoms with Gasteiger partial charge in [-0.05, 0) is 32.4 Å². The van der Waals surface area contributed by atoms with Gasteiger partial charge in [0.1, 0.15) is 5.69 Å². The van der Waals surface area contributed by atoms with E-state index in [1.807, 2.05) is 13.8 Å². The Morgan fingerprint density at radius 3 is 2.55 bits per heavy atom. The Hall–Kier alpha value is -1.91. The van der Waals surface area contributed by atoms with E-state index >= 15 is 0 Å². The average molecular weight is 277 g/mol. The highest BCUT2D eigenvalue weighted by Crippen LogP contribution is 2.06. The zero-order valence-corrected chi connectivity index (χ0v) is 12.5. The molecule has 0 radical (unpaired) electrons. The van der Waals surface area contributed by atoms with E-state index in [-0.39, 0.29) is 11.8 Å². The molecule has 0 saturated carbocycles. The summed E-state index contributed by atoms with van der Waals surface area (Å²) in [6.45, 7) is 7.85. The predicted molar refractivity (Wildman–Crippen MR) is 78.7 cm³/mol. The number of rotatable bonds is 7. The van der Waals surface area contributed by atoms with Crippen LogP contribution in [0.25, 0.3) is 0 Å². The second kappa shape index (κ2) is 8.30. The average Bonchev–Trinajstić information content (AvgIpc) is 2.48. The first-order valence-electron chi connectivity index (χ1n) is 7.17. The molecule has 0 bridgehead atoms. The number of aromatic nitrogens is 1. The van der Waals surface area contributed by atoms with Gasteiger partial charge in [0, 0.05) is 31.4 Å². The molecule has 1 rings (SSSR count). The normalized spacial score (nSPS) is 10.2. The van der Waals surface area contributed by atoms with Gasteiger partial charge < -0.3 is 10.2 Å². The van der Waals surface area contributed by atoms with Gasteiger partial charge in [-0.15, -0.1) is 0 Å². The van der Waals surface area contributed by atoms with E-state index in [2.05, 4.69) is 17.2 Å². The van der Waals surface area contributed by atoms with E-state index < -0.39 is 0 Å². The third-order valence-electron chi connectivity index (χ3n) is 3.11. The van der Waals surface area contributed by atoms with Gasteiger partial charge in [0.2, 0.25) is 0 Å². The molecule has 20 heavy (non-hydrogen) atoms. The molecule has 2 amide bonds. The molecule has 5 heteroatoms. The summed E-state index contributed by atoms with van der Waals surface area (Å²) >= 11 is 0. The lowest BCUT2D eigenvalue weighted by atomic mass is 10.2. The molecule has 1 aromatic rings. The SMILES string of the molecule is CCCCNC(=O)c1cc(C(=O)N(CC)CC)ccn1. The number of unbranched alkanes of at least 4 members (excludes halogenated alkanes) is 1. The third kappa shape index (κ3) is 4.33. The first-order valence-corrected chi connectivity index (χ1v) is 7.17. The minimum atomic E-state index is -0.229. The van der Waals surface area contributed by atoms with Crippen molar-refractivity contribution in [3.8, 4) is 0 Å². The Balaban J connectivity index is 2.79. The quantitative estimate of drug-likeness (QED) is 0.776. The van der Waals surface area contributed by atoms with Gasteiger partial charge in [0.25, 0.3) is 11.8 Å². The smallest absolute Gasteiger partial charge is 0.269 e. The summed E-state index contributed by atoms with van der Waals surface area (Å²) in [6.07, 6.45) is 3.46. The van der Waals surface area contributed by atoms with Crippen molar-refractivity contribution in [1.29, 1.82) is 0 Å². The van der Waals surface area contributed by atoms with Crippen molar-refractivity contribution in [2.75, 3.05) is 19.6 Å². The lowest BCUT2D eigenvalue weighted by Gasteiger charge is -2.18. The van der Waals surface area contributed by atoms with Gasteiger partial charge in [-0.25, -0.2) is 0 Å². The number of hydrogen-bond donors (Lipinski definition) is 1. The summed E-state index contributed by atoms with van der Waals surface area (Å²) in [4.78, 5) is 29.9. The van der Waals surface area contributed by atoms with Gasteiger partial charge in [0.05, 0.1) is 0 Å². The van der Waals surface area contributed by atoms with Crippen LogP contribution in [0.1, 0.15) is 54.5 Å². The summed E-state index contributed by atoms with van der Waals surface area (Å²) in [5.41, 5.74) is 0.795. The number of pyridine rings is 1. The van der Waals surface area contributed by atoms with Gasteiger partial charge in [-0.3, -0.25) is 14.6 Å². The number of carbonyl (C=O) groups excluding carboxylic acids is 2. The summed E-state index contributed by atoms with van der Waals surface area (Å²) in [6, 6.07) is 3.20. The van der Waals surface area contributed by atoms with Crippen LogP contribution in [-0.2, 0) is 0 Å². The Morgan fingerprint density at radius 2 is 1.95 bits per heavy atom. The fourth-order valence-corrected chi connectivity index (χ4v) is 1.85. The first kappa shape index (κ1) is 16.1. The lowest BCUT2D eigenvalue weighted by molar-refractivity contribution is 0.0773. The topological polar surface area (TPSA) is 62.3 Å². The Morgan fingerprint density at radius 1 is 1.25 bits per heavy atom. The fourth-order valence-electron chi connectivity index (χ4n) is 1.85. The van der Waals surface area contributed by atoms with E-state index in [1.54, 1.807) is 17.0 Å². The molecule has 0 aromatic carbocycles. The molecule has 0 aliphatic carbocycles. The molecule has 5 nitrogen and oxygen atoms in total. The van der Waals surface area contributed by atoms with Crippen LogP contribution >= 0.6 is 0 Å². The van der Waals surface area contributed by atoms with Gasteiger partial charge in [-0.1, -0.05) is 13.3 Å². The van der Waals surface area contributed by atoms with Crippen LogP contribution in [0, 0.1) is 0 Å². The third-order valence-corrected chi connectivity index (χ3v) is 3.11. The zero-order valence-electron chi connectivity index (χ0n) is 12.5. The van der Waals surface area contributed by atoms with E-state index in [0.29, 0.717) is 30.9 Å². The standard InChI is InChI=1S/C15H23N3O2/c1-4-7-9-17-14(19)13-11-12(8-10-16-13)15(20)18(5-2)6-3/h8,10-11H,4-7,9H2,1-3H3,(H,17,19). The van der Waals surface area contributed by atoms with Crippen LogP contribution in [0.3, 0.4) is 0 Å². The molecule has 0 aliphatic heterocycles. The largest absolute Gasteiger partial charge is 0.351 e. The van der Waals surface area contributed by atoms with Crippen LogP contribution in [0.2, 0.25) is 0 Å². The monoisotopic (exact) mass is 277 g/mol. The second-order valence-corrected chi connectivity index (χ2v) is 4.52. The highest BCUT2D eigenvalue weighted by Gasteiger charge is 2.15. The number of hydrogen-bond acceptors (Lipinski definition) is 3. The Bertz CT molecular complexity index is 456. The van der Waals surface area contributed by atoms with E-state index in [4.69, 9.17) is 0 Å². The maximum absolute atomic E-state index is 12.2. The van der Waals surface area contributed by atoms with Crippen molar-refractivity contribution >= 4 is 11.8 Å². The molecule has 0 unspecified atom stereocenters. The van der Waals surface area contributed by atoms with Gasteiger partial charge in [-0.2, -0.15) is 0 Å². The van der Waals surface area contributed by atoms with Crippen molar-refractivity contribution in [3.63, 3.8) is 0 Å². The molecule has 0 saturated heterocycles. The second-order valence-electron chi connectivity index (χ2n) is 4.52. The molecule has 0 atom stereocenters. The maximum atomic E-state index is 12.2. The van der Waals surface area contributed by atoms with Crippen LogP contribution < -0.4 is 5.32 Å². The highest BCUT2D eigenvalue weighted by atomic mass is 16.2.